The fraction of sp³-hybridized carbons (Fsp3) is 0.400. The summed E-state index contributed by atoms with van der Waals surface area (Å²) in [5.41, 5.74) is 2.19. The number of hydrogen-bond acceptors (Lipinski definition) is 3. The van der Waals surface area contributed by atoms with Crippen LogP contribution in [0.5, 0.6) is 0 Å². The van der Waals surface area contributed by atoms with Crippen LogP contribution in [0.2, 0.25) is 0 Å². The predicted molar refractivity (Wildman–Crippen MR) is 105 cm³/mol. The molecular weight excluding hydrogens is 310 g/mol. The third-order valence-electron chi connectivity index (χ3n) is 3.99. The molecule has 1 atom stereocenters. The highest BCUT2D eigenvalue weighted by Crippen LogP contribution is 2.15. The Labute approximate surface area is 151 Å². The number of pyridine rings is 1. The van der Waals surface area contributed by atoms with Crippen LogP contribution in [0.25, 0.3) is 0 Å². The molecule has 0 radical (unpaired) electrons. The molecule has 2 rings (SSSR count). The average molecular weight is 339 g/mol. The second kappa shape index (κ2) is 9.18. The maximum absolute atomic E-state index is 4.31. The molecule has 2 aromatic rings. The van der Waals surface area contributed by atoms with Gasteiger partial charge >= 0.3 is 0 Å². The molecule has 0 aliphatic carbocycles. The number of rotatable bonds is 7. The van der Waals surface area contributed by atoms with Crippen LogP contribution < -0.4 is 16.0 Å². The largest absolute Gasteiger partial charge is 0.355 e. The zero-order chi connectivity index (χ0) is 18.1. The van der Waals surface area contributed by atoms with Crippen LogP contribution in [0, 0.1) is 0 Å². The van der Waals surface area contributed by atoms with Crippen LogP contribution in [-0.4, -0.2) is 30.1 Å². The molecule has 0 saturated heterocycles. The number of nitrogens with one attached hydrogen (secondary N) is 3. The lowest BCUT2D eigenvalue weighted by molar-refractivity contribution is 0.345. The summed E-state index contributed by atoms with van der Waals surface area (Å²) < 4.78 is 0. The van der Waals surface area contributed by atoms with E-state index >= 15 is 0 Å². The van der Waals surface area contributed by atoms with E-state index in [4.69, 9.17) is 0 Å². The lowest BCUT2D eigenvalue weighted by atomic mass is 10.0. The molecule has 0 bridgehead atoms. The number of nitrogens with zero attached hydrogens (tertiary/aromatic N) is 2. The number of aromatic nitrogens is 1. The van der Waals surface area contributed by atoms with E-state index in [1.54, 1.807) is 13.2 Å². The van der Waals surface area contributed by atoms with Crippen LogP contribution in [0.15, 0.2) is 59.7 Å². The smallest absolute Gasteiger partial charge is 0.191 e. The first-order chi connectivity index (χ1) is 12.0. The quantitative estimate of drug-likeness (QED) is 0.536. The Hall–Kier alpha value is -2.40. The number of hydrogen-bond donors (Lipinski definition) is 3. The summed E-state index contributed by atoms with van der Waals surface area (Å²) >= 11 is 0. The van der Waals surface area contributed by atoms with Gasteiger partial charge in [-0.2, -0.15) is 0 Å². The summed E-state index contributed by atoms with van der Waals surface area (Å²) in [6.07, 6.45) is 1.80. The van der Waals surface area contributed by atoms with Gasteiger partial charge in [0.25, 0.3) is 0 Å². The van der Waals surface area contributed by atoms with Crippen molar-refractivity contribution < 1.29 is 0 Å². The minimum atomic E-state index is -0.0854. The first-order valence-corrected chi connectivity index (χ1v) is 8.67. The minimum absolute atomic E-state index is 0.0854. The molecule has 5 nitrogen and oxygen atoms in total. The Morgan fingerprint density at radius 3 is 2.44 bits per heavy atom. The highest BCUT2D eigenvalue weighted by molar-refractivity contribution is 5.79. The second-order valence-corrected chi connectivity index (χ2v) is 6.76. The third-order valence-corrected chi connectivity index (χ3v) is 3.99. The second-order valence-electron chi connectivity index (χ2n) is 6.76. The molecule has 1 heterocycles. The van der Waals surface area contributed by atoms with Crippen molar-refractivity contribution in [2.24, 2.45) is 4.99 Å². The van der Waals surface area contributed by atoms with Gasteiger partial charge in [0.2, 0.25) is 0 Å². The predicted octanol–water partition coefficient (Wildman–Crippen LogP) is 2.88. The fourth-order valence-electron chi connectivity index (χ4n) is 2.66. The Morgan fingerprint density at radius 1 is 1.08 bits per heavy atom. The molecule has 134 valence electrons. The molecule has 25 heavy (non-hydrogen) atoms. The van der Waals surface area contributed by atoms with E-state index in [0.717, 1.165) is 18.2 Å². The van der Waals surface area contributed by atoms with Crippen molar-refractivity contribution in [1.82, 2.24) is 20.9 Å². The van der Waals surface area contributed by atoms with Gasteiger partial charge in [-0.1, -0.05) is 36.4 Å². The van der Waals surface area contributed by atoms with Crippen LogP contribution >= 0.6 is 0 Å². The van der Waals surface area contributed by atoms with E-state index in [0.29, 0.717) is 6.54 Å². The van der Waals surface area contributed by atoms with Gasteiger partial charge in [0, 0.05) is 31.4 Å². The normalized spacial score (nSPS) is 13.4. The first kappa shape index (κ1) is 18.9. The molecule has 3 N–H and O–H groups in total. The molecule has 0 spiro atoms. The van der Waals surface area contributed by atoms with E-state index in [2.05, 4.69) is 71.0 Å². The highest BCUT2D eigenvalue weighted by atomic mass is 15.2. The number of benzene rings is 1. The molecule has 0 saturated carbocycles. The van der Waals surface area contributed by atoms with E-state index in [1.807, 2.05) is 24.3 Å². The molecule has 5 heteroatoms. The monoisotopic (exact) mass is 339 g/mol. The van der Waals surface area contributed by atoms with Gasteiger partial charge in [0.05, 0.1) is 12.2 Å². The lowest BCUT2D eigenvalue weighted by Gasteiger charge is -2.31. The van der Waals surface area contributed by atoms with Crippen LogP contribution in [-0.2, 0) is 6.54 Å². The topological polar surface area (TPSA) is 61.3 Å². The Kier molecular flexibility index (Phi) is 6.95. The molecule has 1 aromatic carbocycles. The van der Waals surface area contributed by atoms with Gasteiger partial charge in [0.15, 0.2) is 5.96 Å². The van der Waals surface area contributed by atoms with Gasteiger partial charge in [-0.3, -0.25) is 9.98 Å². The zero-order valence-corrected chi connectivity index (χ0v) is 15.6. The summed E-state index contributed by atoms with van der Waals surface area (Å²) in [7, 11) is 1.78. The van der Waals surface area contributed by atoms with E-state index < -0.39 is 0 Å². The van der Waals surface area contributed by atoms with Crippen molar-refractivity contribution in [3.05, 3.63) is 66.0 Å². The van der Waals surface area contributed by atoms with Crippen molar-refractivity contribution in [1.29, 1.82) is 0 Å². The Balaban J connectivity index is 1.82. The molecule has 1 aromatic heterocycles. The molecule has 0 aliphatic rings. The average Bonchev–Trinajstić information content (AvgIpc) is 2.63. The standard InChI is InChI=1S/C20H29N5/c1-16(17-10-6-5-7-11-17)25-20(2,3)15-24-19(21-4)23-14-18-12-8-9-13-22-18/h5-13,16,25H,14-15H2,1-4H3,(H2,21,23,24). The summed E-state index contributed by atoms with van der Waals surface area (Å²) in [4.78, 5) is 8.59. The fourth-order valence-corrected chi connectivity index (χ4v) is 2.66. The molecule has 0 aliphatic heterocycles. The number of aliphatic imine (C=N–C) groups is 1. The van der Waals surface area contributed by atoms with Crippen LogP contribution in [0.1, 0.15) is 38.1 Å². The van der Waals surface area contributed by atoms with E-state index in [-0.39, 0.29) is 11.6 Å². The molecule has 0 amide bonds. The van der Waals surface area contributed by atoms with E-state index in [9.17, 15) is 0 Å². The Bertz CT molecular complexity index is 652. The summed E-state index contributed by atoms with van der Waals surface area (Å²) in [6, 6.07) is 16.7. The maximum Gasteiger partial charge on any atom is 0.191 e. The number of guanidine groups is 1. The highest BCUT2D eigenvalue weighted by Gasteiger charge is 2.21. The third kappa shape index (κ3) is 6.55. The van der Waals surface area contributed by atoms with Crippen molar-refractivity contribution in [2.75, 3.05) is 13.6 Å². The van der Waals surface area contributed by atoms with Gasteiger partial charge in [-0.15, -0.1) is 0 Å². The molecule has 1 unspecified atom stereocenters. The van der Waals surface area contributed by atoms with Crippen molar-refractivity contribution >= 4 is 5.96 Å². The van der Waals surface area contributed by atoms with E-state index in [1.165, 1.54) is 5.56 Å². The van der Waals surface area contributed by atoms with Gasteiger partial charge in [-0.25, -0.2) is 0 Å². The summed E-state index contributed by atoms with van der Waals surface area (Å²) in [5.74, 6) is 0.771. The van der Waals surface area contributed by atoms with Gasteiger partial charge < -0.3 is 16.0 Å². The minimum Gasteiger partial charge on any atom is -0.355 e. The zero-order valence-electron chi connectivity index (χ0n) is 15.6. The first-order valence-electron chi connectivity index (χ1n) is 8.67. The Morgan fingerprint density at radius 2 is 1.80 bits per heavy atom. The van der Waals surface area contributed by atoms with Crippen molar-refractivity contribution in [3.8, 4) is 0 Å². The lowest BCUT2D eigenvalue weighted by Crippen LogP contribution is -2.52. The van der Waals surface area contributed by atoms with Crippen molar-refractivity contribution in [3.63, 3.8) is 0 Å². The van der Waals surface area contributed by atoms with Crippen LogP contribution in [0.3, 0.4) is 0 Å². The van der Waals surface area contributed by atoms with Crippen molar-refractivity contribution in [2.45, 2.75) is 38.9 Å². The van der Waals surface area contributed by atoms with Crippen LogP contribution in [0.4, 0.5) is 0 Å². The SMILES string of the molecule is CN=C(NCc1ccccn1)NCC(C)(C)NC(C)c1ccccc1. The molecule has 0 fully saturated rings. The summed E-state index contributed by atoms with van der Waals surface area (Å²) in [6.45, 7) is 7.96. The molecular formula is C20H29N5. The maximum atomic E-state index is 4.31. The van der Waals surface area contributed by atoms with Gasteiger partial charge in [0.1, 0.15) is 0 Å². The van der Waals surface area contributed by atoms with Gasteiger partial charge in [-0.05, 0) is 38.5 Å². The summed E-state index contributed by atoms with van der Waals surface area (Å²) in [5, 5.41) is 10.3.